The van der Waals surface area contributed by atoms with Gasteiger partial charge in [-0.2, -0.15) is 13.2 Å². The van der Waals surface area contributed by atoms with Gasteiger partial charge < -0.3 is 18.8 Å². The summed E-state index contributed by atoms with van der Waals surface area (Å²) in [5, 5.41) is 0.677. The summed E-state index contributed by atoms with van der Waals surface area (Å²) in [4.78, 5) is 11.6. The zero-order valence-electron chi connectivity index (χ0n) is 25.2. The lowest BCUT2D eigenvalue weighted by Crippen LogP contribution is -2.33. The minimum atomic E-state index is -4.90. The molecule has 44 heavy (non-hydrogen) atoms. The molecule has 1 unspecified atom stereocenters. The summed E-state index contributed by atoms with van der Waals surface area (Å²) in [6.07, 6.45) is -3.69. The predicted octanol–water partition coefficient (Wildman–Crippen LogP) is 9.81. The highest BCUT2D eigenvalue weighted by Gasteiger charge is 2.41. The first-order chi connectivity index (χ1) is 20.7. The number of esters is 1. The Morgan fingerprint density at radius 3 is 2.25 bits per heavy atom. The number of carbonyl (C=O) groups is 1. The summed E-state index contributed by atoms with van der Waals surface area (Å²) in [5.74, 6) is -3.18. The number of hydrogen-bond acceptors (Lipinski definition) is 4. The van der Waals surface area contributed by atoms with Gasteiger partial charge in [0.05, 0.1) is 11.2 Å². The van der Waals surface area contributed by atoms with Gasteiger partial charge in [0.2, 0.25) is 0 Å². The number of rotatable bonds is 16. The second kappa shape index (κ2) is 15.4. The van der Waals surface area contributed by atoms with Crippen molar-refractivity contribution in [3.8, 4) is 22.8 Å². The van der Waals surface area contributed by atoms with Crippen molar-refractivity contribution in [2.45, 2.75) is 84.8 Å². The largest absolute Gasteiger partial charge is 0.573 e. The van der Waals surface area contributed by atoms with Gasteiger partial charge in [-0.3, -0.25) is 0 Å². The molecule has 3 rings (SSSR count). The summed E-state index contributed by atoms with van der Waals surface area (Å²) < 4.78 is 98.0. The van der Waals surface area contributed by atoms with Gasteiger partial charge in [-0.05, 0) is 62.1 Å². The quantitative estimate of drug-likeness (QED) is 0.0687. The molecule has 0 aliphatic heterocycles. The first kappa shape index (κ1) is 34.9. The van der Waals surface area contributed by atoms with Crippen LogP contribution in [0.5, 0.6) is 11.5 Å². The van der Waals surface area contributed by atoms with E-state index in [0.29, 0.717) is 29.6 Å². The van der Waals surface area contributed by atoms with E-state index in [1.165, 1.54) is 19.1 Å². The molecule has 0 aliphatic carbocycles. The van der Waals surface area contributed by atoms with Crippen molar-refractivity contribution >= 4 is 16.9 Å². The number of fused-ring (bicyclic) bond motifs is 1. The van der Waals surface area contributed by atoms with Crippen LogP contribution in [0.3, 0.4) is 0 Å². The predicted molar refractivity (Wildman–Crippen MR) is 158 cm³/mol. The van der Waals surface area contributed by atoms with Crippen LogP contribution >= 0.6 is 0 Å². The Hall–Kier alpha value is -3.63. The third-order valence-corrected chi connectivity index (χ3v) is 7.16. The lowest BCUT2D eigenvalue weighted by molar-refractivity contribution is -0.274. The highest BCUT2D eigenvalue weighted by atomic mass is 19.4. The number of alkyl halides is 6. The van der Waals surface area contributed by atoms with Gasteiger partial charge in [-0.15, -0.1) is 13.2 Å². The monoisotopic (exact) mass is 627 g/mol. The number of halogens is 6. The summed E-state index contributed by atoms with van der Waals surface area (Å²) in [5.41, 5.74) is 2.06. The molecule has 0 spiro atoms. The SMILES string of the molecule is C=C(C)C(=O)OCC(COc1ccc2cc(-c3ccc(CCCCC)cc3OC(F)(F)F)n(CCCCC)c2c1)C(F)(F)F. The van der Waals surface area contributed by atoms with E-state index in [0.717, 1.165) is 44.1 Å². The van der Waals surface area contributed by atoms with Gasteiger partial charge in [-0.25, -0.2) is 4.79 Å². The Bertz CT molecular complexity index is 1410. The topological polar surface area (TPSA) is 49.7 Å². The van der Waals surface area contributed by atoms with Gasteiger partial charge in [-0.1, -0.05) is 52.2 Å². The van der Waals surface area contributed by atoms with Crippen LogP contribution in [0.15, 0.2) is 54.6 Å². The van der Waals surface area contributed by atoms with E-state index in [1.807, 2.05) is 18.4 Å². The molecule has 1 atom stereocenters. The summed E-state index contributed by atoms with van der Waals surface area (Å²) in [6.45, 7) is 7.51. The first-order valence-electron chi connectivity index (χ1n) is 14.8. The van der Waals surface area contributed by atoms with Crippen LogP contribution in [0, 0.1) is 5.92 Å². The van der Waals surface area contributed by atoms with Gasteiger partial charge in [0.1, 0.15) is 30.6 Å². The molecule has 0 N–H and O–H groups in total. The zero-order valence-corrected chi connectivity index (χ0v) is 25.2. The molecule has 242 valence electrons. The van der Waals surface area contributed by atoms with E-state index in [2.05, 4.69) is 11.3 Å². The number of aromatic nitrogens is 1. The third-order valence-electron chi connectivity index (χ3n) is 7.16. The van der Waals surface area contributed by atoms with Crippen LogP contribution in [-0.2, 0) is 22.5 Å². The smallest absolute Gasteiger partial charge is 0.493 e. The molecule has 5 nitrogen and oxygen atoms in total. The standard InChI is InChI=1S/C33H39F6NO4/c1-5-7-9-11-23-12-15-27(30(17-23)44-33(37,38)39)29-18-24-13-14-26(19-28(24)40(29)16-10-8-6-2)42-20-25(32(34,35)36)21-43-31(41)22(3)4/h12-15,17-19,25H,3,5-11,16,20-21H2,1-2,4H3. The maximum Gasteiger partial charge on any atom is 0.573 e. The maximum absolute atomic E-state index is 13.6. The van der Waals surface area contributed by atoms with Crippen LogP contribution < -0.4 is 9.47 Å². The number of benzene rings is 2. The second-order valence-corrected chi connectivity index (χ2v) is 10.9. The fraction of sp³-hybridized carbons (Fsp3) is 0.485. The Morgan fingerprint density at radius 2 is 1.61 bits per heavy atom. The number of aryl methyl sites for hydroxylation is 2. The summed E-state index contributed by atoms with van der Waals surface area (Å²) >= 11 is 0. The highest BCUT2D eigenvalue weighted by molar-refractivity contribution is 5.89. The van der Waals surface area contributed by atoms with Crippen molar-refractivity contribution in [2.24, 2.45) is 5.92 Å². The van der Waals surface area contributed by atoms with Crippen molar-refractivity contribution in [2.75, 3.05) is 13.2 Å². The van der Waals surface area contributed by atoms with Crippen molar-refractivity contribution in [1.29, 1.82) is 0 Å². The van der Waals surface area contributed by atoms with Gasteiger partial charge in [0.15, 0.2) is 0 Å². The maximum atomic E-state index is 13.6. The Kier molecular flexibility index (Phi) is 12.2. The molecule has 0 radical (unpaired) electrons. The number of nitrogens with zero attached hydrogens (tertiary/aromatic N) is 1. The Labute approximate surface area is 253 Å². The molecule has 1 aromatic heterocycles. The third kappa shape index (κ3) is 9.95. The number of ether oxygens (including phenoxy) is 3. The minimum absolute atomic E-state index is 0.0214. The molecule has 11 heteroatoms. The number of unbranched alkanes of at least 4 members (excludes halogenated alkanes) is 4. The molecule has 0 bridgehead atoms. The Balaban J connectivity index is 1.99. The fourth-order valence-corrected chi connectivity index (χ4v) is 4.76. The van der Waals surface area contributed by atoms with Crippen molar-refractivity contribution in [3.05, 3.63) is 60.2 Å². The Morgan fingerprint density at radius 1 is 0.909 bits per heavy atom. The van der Waals surface area contributed by atoms with Crippen molar-refractivity contribution in [1.82, 2.24) is 4.57 Å². The van der Waals surface area contributed by atoms with E-state index >= 15 is 0 Å². The average molecular weight is 628 g/mol. The van der Waals surface area contributed by atoms with E-state index in [1.54, 1.807) is 30.3 Å². The van der Waals surface area contributed by atoms with E-state index in [-0.39, 0.29) is 22.6 Å². The molecule has 1 heterocycles. The van der Waals surface area contributed by atoms with Crippen LogP contribution in [0.2, 0.25) is 0 Å². The minimum Gasteiger partial charge on any atom is -0.493 e. The van der Waals surface area contributed by atoms with E-state index in [9.17, 15) is 31.1 Å². The lowest BCUT2D eigenvalue weighted by Gasteiger charge is -2.20. The normalized spacial score (nSPS) is 12.8. The van der Waals surface area contributed by atoms with Crippen LogP contribution in [0.25, 0.3) is 22.2 Å². The number of carbonyl (C=O) groups excluding carboxylic acids is 1. The molecular weight excluding hydrogens is 588 g/mol. The van der Waals surface area contributed by atoms with E-state index < -0.39 is 37.6 Å². The lowest BCUT2D eigenvalue weighted by atomic mass is 10.0. The second-order valence-electron chi connectivity index (χ2n) is 10.9. The zero-order chi connectivity index (χ0) is 32.5. The molecule has 2 aromatic carbocycles. The molecule has 3 aromatic rings. The first-order valence-corrected chi connectivity index (χ1v) is 14.8. The highest BCUT2D eigenvalue weighted by Crippen LogP contribution is 2.39. The van der Waals surface area contributed by atoms with Crippen molar-refractivity contribution in [3.63, 3.8) is 0 Å². The fourth-order valence-electron chi connectivity index (χ4n) is 4.76. The van der Waals surface area contributed by atoms with Crippen LogP contribution in [0.4, 0.5) is 26.3 Å². The summed E-state index contributed by atoms with van der Waals surface area (Å²) in [7, 11) is 0. The molecule has 0 aliphatic rings. The van der Waals surface area contributed by atoms with E-state index in [4.69, 9.17) is 9.47 Å². The van der Waals surface area contributed by atoms with Crippen LogP contribution in [-0.4, -0.2) is 36.3 Å². The van der Waals surface area contributed by atoms with Crippen molar-refractivity contribution < 1.29 is 45.3 Å². The molecule has 0 saturated carbocycles. The molecule has 0 fully saturated rings. The summed E-state index contributed by atoms with van der Waals surface area (Å²) in [6, 6.07) is 11.3. The van der Waals surface area contributed by atoms with Crippen LogP contribution in [0.1, 0.15) is 64.9 Å². The van der Waals surface area contributed by atoms with Gasteiger partial charge in [0.25, 0.3) is 0 Å². The molecule has 0 amide bonds. The number of hydrogen-bond donors (Lipinski definition) is 0. The molecule has 0 saturated heterocycles. The van der Waals surface area contributed by atoms with Gasteiger partial charge >= 0.3 is 18.5 Å². The van der Waals surface area contributed by atoms with Gasteiger partial charge in [0, 0.05) is 29.1 Å². The molecular formula is C33H39F6NO4. The average Bonchev–Trinajstić information content (AvgIpc) is 3.29.